The van der Waals surface area contributed by atoms with Gasteiger partial charge in [0, 0.05) is 16.8 Å². The third kappa shape index (κ3) is 4.29. The molecular formula is C39H26N2O. The number of aromatic nitrogens is 1. The first-order valence-electron chi connectivity index (χ1n) is 14.1. The van der Waals surface area contributed by atoms with Gasteiger partial charge in [0.25, 0.3) is 0 Å². The van der Waals surface area contributed by atoms with Gasteiger partial charge in [-0.2, -0.15) is 0 Å². The normalized spacial score (nSPS) is 11.3. The molecule has 0 fully saturated rings. The average molecular weight is 539 g/mol. The van der Waals surface area contributed by atoms with Gasteiger partial charge in [0.1, 0.15) is 5.58 Å². The van der Waals surface area contributed by atoms with E-state index in [1.165, 1.54) is 22.1 Å². The zero-order valence-corrected chi connectivity index (χ0v) is 22.8. The van der Waals surface area contributed by atoms with Crippen molar-refractivity contribution in [2.75, 3.05) is 4.90 Å². The molecule has 0 aliphatic rings. The molecule has 0 amide bonds. The molecule has 0 saturated heterocycles. The molecule has 0 spiro atoms. The highest BCUT2D eigenvalue weighted by Crippen LogP contribution is 2.40. The maximum absolute atomic E-state index is 6.22. The largest absolute Gasteiger partial charge is 0.438 e. The lowest BCUT2D eigenvalue weighted by Crippen LogP contribution is -2.10. The second-order valence-electron chi connectivity index (χ2n) is 10.5. The van der Waals surface area contributed by atoms with E-state index in [4.69, 9.17) is 9.40 Å². The minimum Gasteiger partial charge on any atom is -0.438 e. The number of nitrogens with zero attached hydrogens (tertiary/aromatic N) is 2. The van der Waals surface area contributed by atoms with E-state index in [2.05, 4.69) is 144 Å². The molecule has 0 bridgehead atoms. The molecular weight excluding hydrogens is 512 g/mol. The Morgan fingerprint density at radius 2 is 1.05 bits per heavy atom. The molecule has 0 N–H and O–H groups in total. The monoisotopic (exact) mass is 538 g/mol. The minimum atomic E-state index is 0.640. The molecule has 8 rings (SSSR count). The van der Waals surface area contributed by atoms with Crippen molar-refractivity contribution in [2.24, 2.45) is 0 Å². The van der Waals surface area contributed by atoms with Crippen LogP contribution in [-0.4, -0.2) is 4.98 Å². The molecule has 42 heavy (non-hydrogen) atoms. The summed E-state index contributed by atoms with van der Waals surface area (Å²) in [5, 5.41) is 4.40. The zero-order chi connectivity index (χ0) is 27.9. The van der Waals surface area contributed by atoms with E-state index in [0.717, 1.165) is 44.4 Å². The topological polar surface area (TPSA) is 29.3 Å². The predicted octanol–water partition coefficient (Wildman–Crippen LogP) is 10.9. The number of anilines is 3. The SMILES string of the molecule is c1ccc(-c2ccc(N(c3cccc(-c4ccccc4)c3)c3cnc4oc5cc6ccccc6cc5c4c3)cc2)cc1. The van der Waals surface area contributed by atoms with Crippen LogP contribution in [0.1, 0.15) is 0 Å². The fourth-order valence-corrected chi connectivity index (χ4v) is 5.79. The maximum Gasteiger partial charge on any atom is 0.227 e. The van der Waals surface area contributed by atoms with Crippen molar-refractivity contribution >= 4 is 49.9 Å². The van der Waals surface area contributed by atoms with Crippen LogP contribution in [0.3, 0.4) is 0 Å². The fraction of sp³-hybridized carbons (Fsp3) is 0. The molecule has 198 valence electrons. The summed E-state index contributed by atoms with van der Waals surface area (Å²) in [5.41, 5.74) is 9.28. The van der Waals surface area contributed by atoms with Crippen molar-refractivity contribution < 1.29 is 4.42 Å². The summed E-state index contributed by atoms with van der Waals surface area (Å²) < 4.78 is 6.22. The Morgan fingerprint density at radius 1 is 0.429 bits per heavy atom. The third-order valence-corrected chi connectivity index (χ3v) is 7.88. The quantitative estimate of drug-likeness (QED) is 0.218. The summed E-state index contributed by atoms with van der Waals surface area (Å²) in [5.74, 6) is 0. The molecule has 6 aromatic carbocycles. The number of furan rings is 1. The van der Waals surface area contributed by atoms with Crippen LogP contribution in [0, 0.1) is 0 Å². The summed E-state index contributed by atoms with van der Waals surface area (Å²) in [7, 11) is 0. The van der Waals surface area contributed by atoms with Gasteiger partial charge in [0.15, 0.2) is 0 Å². The van der Waals surface area contributed by atoms with Crippen LogP contribution in [0.15, 0.2) is 162 Å². The number of pyridine rings is 1. The van der Waals surface area contributed by atoms with Crippen molar-refractivity contribution in [1.29, 1.82) is 0 Å². The Hall–Kier alpha value is -5.67. The van der Waals surface area contributed by atoms with Gasteiger partial charge in [0.2, 0.25) is 5.71 Å². The molecule has 3 heteroatoms. The van der Waals surface area contributed by atoms with E-state index in [-0.39, 0.29) is 0 Å². The Morgan fingerprint density at radius 3 is 1.79 bits per heavy atom. The van der Waals surface area contributed by atoms with Gasteiger partial charge in [-0.25, -0.2) is 4.98 Å². The summed E-state index contributed by atoms with van der Waals surface area (Å²) in [6.07, 6.45) is 1.91. The first-order valence-corrected chi connectivity index (χ1v) is 14.1. The molecule has 8 aromatic rings. The highest BCUT2D eigenvalue weighted by atomic mass is 16.3. The lowest BCUT2D eigenvalue weighted by molar-refractivity contribution is 0.654. The van der Waals surface area contributed by atoms with Crippen LogP contribution in [0.25, 0.3) is 55.1 Å². The van der Waals surface area contributed by atoms with Crippen LogP contribution in [0.2, 0.25) is 0 Å². The van der Waals surface area contributed by atoms with Gasteiger partial charge in [-0.1, -0.05) is 109 Å². The van der Waals surface area contributed by atoms with Crippen molar-refractivity contribution in [1.82, 2.24) is 4.98 Å². The predicted molar refractivity (Wildman–Crippen MR) is 175 cm³/mol. The minimum absolute atomic E-state index is 0.640. The molecule has 0 radical (unpaired) electrons. The third-order valence-electron chi connectivity index (χ3n) is 7.88. The van der Waals surface area contributed by atoms with Crippen molar-refractivity contribution in [3.05, 3.63) is 158 Å². The van der Waals surface area contributed by atoms with Crippen LogP contribution in [0.5, 0.6) is 0 Å². The second kappa shape index (κ2) is 10.1. The lowest BCUT2D eigenvalue weighted by Gasteiger charge is -2.26. The summed E-state index contributed by atoms with van der Waals surface area (Å²) >= 11 is 0. The van der Waals surface area contributed by atoms with Gasteiger partial charge >= 0.3 is 0 Å². The highest BCUT2D eigenvalue weighted by molar-refractivity contribution is 6.10. The first kappa shape index (κ1) is 24.2. The van der Waals surface area contributed by atoms with E-state index >= 15 is 0 Å². The molecule has 0 saturated carbocycles. The molecule has 2 heterocycles. The van der Waals surface area contributed by atoms with Crippen molar-refractivity contribution in [3.8, 4) is 22.3 Å². The van der Waals surface area contributed by atoms with Gasteiger partial charge < -0.3 is 9.32 Å². The van der Waals surface area contributed by atoms with Crippen molar-refractivity contribution in [2.45, 2.75) is 0 Å². The van der Waals surface area contributed by atoms with E-state index < -0.39 is 0 Å². The Kier molecular flexibility index (Phi) is 5.79. The van der Waals surface area contributed by atoms with Crippen LogP contribution >= 0.6 is 0 Å². The highest BCUT2D eigenvalue weighted by Gasteiger charge is 2.17. The Balaban J connectivity index is 1.30. The summed E-state index contributed by atoms with van der Waals surface area (Å²) in [6, 6.07) is 53.3. The van der Waals surface area contributed by atoms with Gasteiger partial charge in [-0.05, 0) is 75.5 Å². The summed E-state index contributed by atoms with van der Waals surface area (Å²) in [4.78, 5) is 7.09. The van der Waals surface area contributed by atoms with Gasteiger partial charge in [-0.15, -0.1) is 0 Å². The fourth-order valence-electron chi connectivity index (χ4n) is 5.79. The van der Waals surface area contributed by atoms with Crippen molar-refractivity contribution in [3.63, 3.8) is 0 Å². The number of benzene rings is 6. The van der Waals surface area contributed by atoms with Crippen LogP contribution in [-0.2, 0) is 0 Å². The molecule has 2 aromatic heterocycles. The van der Waals surface area contributed by atoms with Crippen LogP contribution < -0.4 is 4.90 Å². The number of rotatable bonds is 5. The van der Waals surface area contributed by atoms with E-state index in [1.807, 2.05) is 18.3 Å². The second-order valence-corrected chi connectivity index (χ2v) is 10.5. The van der Waals surface area contributed by atoms with E-state index in [1.54, 1.807) is 0 Å². The molecule has 0 aliphatic carbocycles. The lowest BCUT2D eigenvalue weighted by atomic mass is 10.0. The molecule has 3 nitrogen and oxygen atoms in total. The first-order chi connectivity index (χ1) is 20.8. The standard InChI is InChI=1S/C39H26N2O/c1-3-10-27(11-4-1)29-18-20-33(21-19-29)41(34-17-9-16-30(22-34)28-12-5-2-6-13-28)35-25-37-36-23-31-14-7-8-15-32(31)24-38(36)42-39(37)40-26-35/h1-26H. The Bertz CT molecular complexity index is 2180. The van der Waals surface area contributed by atoms with Gasteiger partial charge in [-0.3, -0.25) is 0 Å². The van der Waals surface area contributed by atoms with E-state index in [0.29, 0.717) is 5.71 Å². The summed E-state index contributed by atoms with van der Waals surface area (Å²) in [6.45, 7) is 0. The molecule has 0 atom stereocenters. The number of hydrogen-bond donors (Lipinski definition) is 0. The van der Waals surface area contributed by atoms with Crippen LogP contribution in [0.4, 0.5) is 17.1 Å². The Labute approximate surface area is 243 Å². The van der Waals surface area contributed by atoms with Gasteiger partial charge in [0.05, 0.1) is 17.3 Å². The smallest absolute Gasteiger partial charge is 0.227 e. The zero-order valence-electron chi connectivity index (χ0n) is 22.8. The average Bonchev–Trinajstić information content (AvgIpc) is 3.42. The van der Waals surface area contributed by atoms with E-state index in [9.17, 15) is 0 Å². The molecule has 0 aliphatic heterocycles. The molecule has 0 unspecified atom stereocenters. The number of fused-ring (bicyclic) bond motifs is 4. The number of hydrogen-bond acceptors (Lipinski definition) is 3. The maximum atomic E-state index is 6.22.